The van der Waals surface area contributed by atoms with Gasteiger partial charge in [0.2, 0.25) is 5.91 Å². The van der Waals surface area contributed by atoms with Gasteiger partial charge in [-0.05, 0) is 33.5 Å². The summed E-state index contributed by atoms with van der Waals surface area (Å²) >= 11 is 5.00. The van der Waals surface area contributed by atoms with Crippen molar-refractivity contribution in [2.24, 2.45) is 0 Å². The fraction of sp³-hybridized carbons (Fsp3) is 0.133. The third-order valence-electron chi connectivity index (χ3n) is 2.83. The number of rotatable bonds is 3. The van der Waals surface area contributed by atoms with Crippen LogP contribution in [0.5, 0.6) is 11.5 Å². The molecule has 1 aliphatic heterocycles. The molecule has 108 valence electrons. The average Bonchev–Trinajstić information content (AvgIpc) is 2.99. The molecule has 0 unspecified atom stereocenters. The molecule has 3 rings (SSSR count). The van der Waals surface area contributed by atoms with Gasteiger partial charge in [-0.2, -0.15) is 0 Å². The van der Waals surface area contributed by atoms with Crippen molar-refractivity contribution in [1.82, 2.24) is 0 Å². The summed E-state index contributed by atoms with van der Waals surface area (Å²) in [5.74, 6) is 1.13. The summed E-state index contributed by atoms with van der Waals surface area (Å²) in [5, 5.41) is 4.79. The summed E-state index contributed by atoms with van der Waals surface area (Å²) in [6.45, 7) is 1.05. The highest BCUT2D eigenvalue weighted by Gasteiger charge is 2.15. The predicted molar refractivity (Wildman–Crippen MR) is 87.1 cm³/mol. The molecule has 0 atom stereocenters. The Morgan fingerprint density at radius 2 is 2.05 bits per heavy atom. The molecule has 1 aromatic carbocycles. The smallest absolute Gasteiger partial charge is 0.248 e. The van der Waals surface area contributed by atoms with Crippen LogP contribution in [0.4, 0.5) is 5.69 Å². The minimum absolute atomic E-state index is 0.194. The number of anilines is 1. The maximum Gasteiger partial charge on any atom is 0.248 e. The quantitative estimate of drug-likeness (QED) is 0.838. The zero-order valence-corrected chi connectivity index (χ0v) is 13.4. The van der Waals surface area contributed by atoms with E-state index in [0.717, 1.165) is 9.35 Å². The van der Waals surface area contributed by atoms with Crippen molar-refractivity contribution in [2.75, 3.05) is 18.5 Å². The molecule has 6 heteroatoms. The minimum Gasteiger partial charge on any atom is -0.486 e. The van der Waals surface area contributed by atoms with Crippen molar-refractivity contribution in [3.63, 3.8) is 0 Å². The van der Waals surface area contributed by atoms with E-state index >= 15 is 0 Å². The molecule has 1 amide bonds. The molecule has 0 fully saturated rings. The zero-order chi connectivity index (χ0) is 14.7. The van der Waals surface area contributed by atoms with Gasteiger partial charge in [0.15, 0.2) is 11.5 Å². The second-order valence-corrected chi connectivity index (χ2v) is 6.15. The maximum atomic E-state index is 11.9. The number of carbonyl (C=O) groups excluding carboxylic acids is 1. The third-order valence-corrected chi connectivity index (χ3v) is 4.33. The van der Waals surface area contributed by atoms with Crippen molar-refractivity contribution in [2.45, 2.75) is 0 Å². The van der Waals surface area contributed by atoms with Crippen LogP contribution >= 0.6 is 27.3 Å². The Labute approximate surface area is 134 Å². The minimum atomic E-state index is -0.194. The molecule has 1 aliphatic rings. The predicted octanol–water partition coefficient (Wildman–Crippen LogP) is 3.93. The Morgan fingerprint density at radius 1 is 1.29 bits per heavy atom. The lowest BCUT2D eigenvalue weighted by Crippen LogP contribution is -2.16. The van der Waals surface area contributed by atoms with Gasteiger partial charge in [0.05, 0.1) is 5.69 Å². The van der Waals surface area contributed by atoms with Gasteiger partial charge in [-0.15, -0.1) is 11.3 Å². The Balaban J connectivity index is 1.73. The first-order chi connectivity index (χ1) is 10.2. The molecule has 2 heterocycles. The molecule has 0 radical (unpaired) electrons. The topological polar surface area (TPSA) is 47.6 Å². The lowest BCUT2D eigenvalue weighted by Gasteiger charge is -2.19. The number of amides is 1. The molecular formula is C15H12BrNO3S. The number of hydrogen-bond acceptors (Lipinski definition) is 4. The summed E-state index contributed by atoms with van der Waals surface area (Å²) < 4.78 is 11.7. The Morgan fingerprint density at radius 3 is 2.76 bits per heavy atom. The second-order valence-electron chi connectivity index (χ2n) is 4.31. The molecule has 21 heavy (non-hydrogen) atoms. The van der Waals surface area contributed by atoms with Gasteiger partial charge in [0.1, 0.15) is 13.2 Å². The molecule has 2 aromatic rings. The number of thiophene rings is 1. The van der Waals surface area contributed by atoms with E-state index in [0.29, 0.717) is 30.4 Å². The lowest BCUT2D eigenvalue weighted by atomic mass is 10.2. The molecule has 0 bridgehead atoms. The van der Waals surface area contributed by atoms with Gasteiger partial charge >= 0.3 is 0 Å². The van der Waals surface area contributed by atoms with Crippen molar-refractivity contribution >= 4 is 44.9 Å². The summed E-state index contributed by atoms with van der Waals surface area (Å²) in [6.07, 6.45) is 3.29. The largest absolute Gasteiger partial charge is 0.486 e. The molecule has 0 spiro atoms. The number of fused-ring (bicyclic) bond motifs is 1. The summed E-state index contributed by atoms with van der Waals surface area (Å²) in [5.41, 5.74) is 0.653. The Kier molecular flexibility index (Phi) is 4.26. The highest BCUT2D eigenvalue weighted by atomic mass is 79.9. The molecule has 0 saturated carbocycles. The van der Waals surface area contributed by atoms with Crippen molar-refractivity contribution < 1.29 is 14.3 Å². The van der Waals surface area contributed by atoms with E-state index in [4.69, 9.17) is 9.47 Å². The lowest BCUT2D eigenvalue weighted by molar-refractivity contribution is -0.111. The van der Waals surface area contributed by atoms with Crippen molar-refractivity contribution in [3.05, 3.63) is 45.1 Å². The first-order valence-corrected chi connectivity index (χ1v) is 8.01. The summed E-state index contributed by atoms with van der Waals surface area (Å²) in [4.78, 5) is 13.0. The third kappa shape index (κ3) is 3.46. The number of hydrogen-bond donors (Lipinski definition) is 1. The van der Waals surface area contributed by atoms with Gasteiger partial charge in [-0.1, -0.05) is 6.07 Å². The molecule has 0 saturated heterocycles. The van der Waals surface area contributed by atoms with E-state index in [1.807, 2.05) is 17.5 Å². The number of ether oxygens (including phenoxy) is 2. The van der Waals surface area contributed by atoms with Crippen LogP contribution in [-0.4, -0.2) is 19.1 Å². The van der Waals surface area contributed by atoms with Crippen LogP contribution in [0.25, 0.3) is 6.08 Å². The van der Waals surface area contributed by atoms with Crippen LogP contribution in [0, 0.1) is 0 Å². The van der Waals surface area contributed by atoms with E-state index in [9.17, 15) is 4.79 Å². The van der Waals surface area contributed by atoms with Gasteiger partial charge in [0.25, 0.3) is 0 Å². The van der Waals surface area contributed by atoms with Gasteiger partial charge < -0.3 is 14.8 Å². The van der Waals surface area contributed by atoms with Crippen LogP contribution in [0.1, 0.15) is 4.88 Å². The van der Waals surface area contributed by atoms with Crippen LogP contribution in [-0.2, 0) is 4.79 Å². The van der Waals surface area contributed by atoms with Gasteiger partial charge in [0, 0.05) is 27.6 Å². The first-order valence-electron chi connectivity index (χ1n) is 6.34. The van der Waals surface area contributed by atoms with E-state index in [1.54, 1.807) is 29.5 Å². The second kappa shape index (κ2) is 6.32. The number of nitrogens with one attached hydrogen (secondary N) is 1. The highest BCUT2D eigenvalue weighted by molar-refractivity contribution is 9.10. The SMILES string of the molecule is O=C(/C=C/c1cccs1)Nc1cc2c(cc1Br)OCCO2. The molecule has 1 aromatic heterocycles. The number of carbonyl (C=O) groups is 1. The number of benzene rings is 1. The monoisotopic (exact) mass is 365 g/mol. The van der Waals surface area contributed by atoms with E-state index in [2.05, 4.69) is 21.2 Å². The molecule has 1 N–H and O–H groups in total. The van der Waals surface area contributed by atoms with E-state index in [1.165, 1.54) is 6.08 Å². The van der Waals surface area contributed by atoms with Crippen molar-refractivity contribution in [1.29, 1.82) is 0 Å². The van der Waals surface area contributed by atoms with E-state index in [-0.39, 0.29) is 5.91 Å². The van der Waals surface area contributed by atoms with Crippen LogP contribution in [0.15, 0.2) is 40.2 Å². The van der Waals surface area contributed by atoms with Crippen LogP contribution < -0.4 is 14.8 Å². The van der Waals surface area contributed by atoms with Crippen molar-refractivity contribution in [3.8, 4) is 11.5 Å². The van der Waals surface area contributed by atoms with Crippen LogP contribution in [0.2, 0.25) is 0 Å². The average molecular weight is 366 g/mol. The van der Waals surface area contributed by atoms with E-state index < -0.39 is 0 Å². The summed E-state index contributed by atoms with van der Waals surface area (Å²) in [6, 6.07) is 7.45. The number of halogens is 1. The molecule has 0 aliphatic carbocycles. The Hall–Kier alpha value is -1.79. The normalized spacial score (nSPS) is 13.4. The summed E-state index contributed by atoms with van der Waals surface area (Å²) in [7, 11) is 0. The van der Waals surface area contributed by atoms with Crippen LogP contribution in [0.3, 0.4) is 0 Å². The molecular weight excluding hydrogens is 354 g/mol. The highest BCUT2D eigenvalue weighted by Crippen LogP contribution is 2.38. The fourth-order valence-electron chi connectivity index (χ4n) is 1.88. The first kappa shape index (κ1) is 14.2. The standard InChI is InChI=1S/C15H12BrNO3S/c16-11-8-13-14(20-6-5-19-13)9-12(11)17-15(18)4-3-10-2-1-7-21-10/h1-4,7-9H,5-6H2,(H,17,18)/b4-3+. The van der Waals surface area contributed by atoms with Gasteiger partial charge in [-0.3, -0.25) is 4.79 Å². The zero-order valence-electron chi connectivity index (χ0n) is 11.0. The maximum absolute atomic E-state index is 11.9. The van der Waals surface area contributed by atoms with Gasteiger partial charge in [-0.25, -0.2) is 0 Å². The Bertz CT molecular complexity index is 682. The fourth-order valence-corrected chi connectivity index (χ4v) is 2.92. The molecule has 4 nitrogen and oxygen atoms in total.